The van der Waals surface area contributed by atoms with E-state index in [-0.39, 0.29) is 5.82 Å². The molecule has 2 aromatic carbocycles. The monoisotopic (exact) mass is 345 g/mol. The molecule has 2 nitrogen and oxygen atoms in total. The molecule has 1 aliphatic rings. The average Bonchev–Trinajstić information content (AvgIpc) is 2.59. The van der Waals surface area contributed by atoms with Crippen LogP contribution < -0.4 is 10.1 Å². The molecule has 0 bridgehead atoms. The number of benzene rings is 2. The summed E-state index contributed by atoms with van der Waals surface area (Å²) in [4.78, 5) is 0. The first-order valence-corrected chi connectivity index (χ1v) is 8.62. The molecule has 0 spiro atoms. The molecule has 126 valence electrons. The van der Waals surface area contributed by atoms with Gasteiger partial charge in [0.25, 0.3) is 0 Å². The van der Waals surface area contributed by atoms with E-state index in [1.54, 1.807) is 12.1 Å². The zero-order valence-electron chi connectivity index (χ0n) is 13.5. The van der Waals surface area contributed by atoms with Crippen LogP contribution in [0.2, 0.25) is 5.02 Å². The summed E-state index contributed by atoms with van der Waals surface area (Å²) in [6, 6.07) is 14.5. The van der Waals surface area contributed by atoms with Gasteiger partial charge in [0.2, 0.25) is 0 Å². The first-order valence-electron chi connectivity index (χ1n) is 8.25. The van der Waals surface area contributed by atoms with Crippen molar-refractivity contribution in [2.45, 2.75) is 25.3 Å². The van der Waals surface area contributed by atoms with Crippen molar-refractivity contribution in [2.75, 3.05) is 13.2 Å². The summed E-state index contributed by atoms with van der Waals surface area (Å²) in [5.41, 5.74) is 2.73. The van der Waals surface area contributed by atoms with Gasteiger partial charge in [-0.15, -0.1) is 0 Å². The van der Waals surface area contributed by atoms with E-state index in [0.29, 0.717) is 18.4 Å². The minimum Gasteiger partial charge on any atom is -0.494 e. The predicted molar refractivity (Wildman–Crippen MR) is 96.2 cm³/mol. The molecule has 2 aromatic rings. The van der Waals surface area contributed by atoms with Gasteiger partial charge in [0, 0.05) is 17.5 Å². The van der Waals surface area contributed by atoms with Gasteiger partial charge in [0.05, 0.1) is 6.61 Å². The summed E-state index contributed by atoms with van der Waals surface area (Å²) in [7, 11) is 0. The summed E-state index contributed by atoms with van der Waals surface area (Å²) < 4.78 is 18.5. The quantitative estimate of drug-likeness (QED) is 0.761. The van der Waals surface area contributed by atoms with E-state index in [4.69, 9.17) is 16.3 Å². The van der Waals surface area contributed by atoms with Crippen LogP contribution in [0.4, 0.5) is 4.39 Å². The van der Waals surface area contributed by atoms with Crippen molar-refractivity contribution in [3.63, 3.8) is 0 Å². The summed E-state index contributed by atoms with van der Waals surface area (Å²) in [5, 5.41) is 4.27. The normalized spacial score (nSPS) is 17.4. The predicted octanol–water partition coefficient (Wildman–Crippen LogP) is 4.78. The topological polar surface area (TPSA) is 21.3 Å². The van der Waals surface area contributed by atoms with E-state index in [1.165, 1.54) is 23.3 Å². The standard InChI is InChI=1S/C20H21ClFNO/c21-17-3-1-15(2-4-17)13-16-9-11-23-19(14-16)10-12-24-20-7-5-18(22)6-8-20/h1-8,14,19,23H,9-13H2. The van der Waals surface area contributed by atoms with Gasteiger partial charge in [-0.2, -0.15) is 0 Å². The molecule has 0 radical (unpaired) electrons. The van der Waals surface area contributed by atoms with Crippen LogP contribution in [-0.2, 0) is 6.42 Å². The Balaban J connectivity index is 1.50. The first kappa shape index (κ1) is 17.0. The smallest absolute Gasteiger partial charge is 0.123 e. The molecule has 0 saturated heterocycles. The molecule has 1 atom stereocenters. The van der Waals surface area contributed by atoms with Crippen LogP contribution in [0, 0.1) is 5.82 Å². The van der Waals surface area contributed by atoms with Gasteiger partial charge in [0.15, 0.2) is 0 Å². The molecule has 0 aliphatic carbocycles. The summed E-state index contributed by atoms with van der Waals surface area (Å²) in [6.45, 7) is 1.59. The molecule has 1 N–H and O–H groups in total. The molecule has 0 amide bonds. The molecule has 4 heteroatoms. The Morgan fingerprint density at radius 1 is 1.08 bits per heavy atom. The maximum Gasteiger partial charge on any atom is 0.123 e. The van der Waals surface area contributed by atoms with Gasteiger partial charge in [-0.3, -0.25) is 0 Å². The van der Waals surface area contributed by atoms with Crippen molar-refractivity contribution in [3.05, 3.63) is 76.6 Å². The van der Waals surface area contributed by atoms with Crippen LogP contribution in [0.3, 0.4) is 0 Å². The van der Waals surface area contributed by atoms with Gasteiger partial charge in [-0.05, 0) is 61.3 Å². The number of rotatable bonds is 6. The van der Waals surface area contributed by atoms with Crippen molar-refractivity contribution in [2.24, 2.45) is 0 Å². The molecular weight excluding hydrogens is 325 g/mol. The molecule has 1 aliphatic heterocycles. The van der Waals surface area contributed by atoms with Gasteiger partial charge in [0.1, 0.15) is 11.6 Å². The number of hydrogen-bond donors (Lipinski definition) is 1. The van der Waals surface area contributed by atoms with E-state index in [2.05, 4.69) is 23.5 Å². The van der Waals surface area contributed by atoms with Crippen LogP contribution in [0.5, 0.6) is 5.75 Å². The minimum absolute atomic E-state index is 0.244. The van der Waals surface area contributed by atoms with E-state index < -0.39 is 0 Å². The van der Waals surface area contributed by atoms with Crippen LogP contribution in [0.25, 0.3) is 0 Å². The van der Waals surface area contributed by atoms with E-state index in [1.807, 2.05) is 12.1 Å². The minimum atomic E-state index is -0.244. The number of nitrogens with one attached hydrogen (secondary N) is 1. The lowest BCUT2D eigenvalue weighted by Gasteiger charge is -2.23. The SMILES string of the molecule is Fc1ccc(OCCC2C=C(Cc3ccc(Cl)cc3)CCN2)cc1. The summed E-state index contributed by atoms with van der Waals surface area (Å²) in [5.74, 6) is 0.462. The fourth-order valence-electron chi connectivity index (χ4n) is 2.88. The molecule has 1 unspecified atom stereocenters. The Labute approximate surface area is 147 Å². The van der Waals surface area contributed by atoms with Crippen LogP contribution in [-0.4, -0.2) is 19.2 Å². The van der Waals surface area contributed by atoms with Crippen LogP contribution in [0.15, 0.2) is 60.2 Å². The third-order valence-electron chi connectivity index (χ3n) is 4.15. The van der Waals surface area contributed by atoms with Crippen LogP contribution in [0.1, 0.15) is 18.4 Å². The Hall–Kier alpha value is -1.84. The van der Waals surface area contributed by atoms with Crippen molar-refractivity contribution >= 4 is 11.6 Å². The highest BCUT2D eigenvalue weighted by Gasteiger charge is 2.13. The maximum absolute atomic E-state index is 12.9. The molecule has 1 heterocycles. The zero-order valence-corrected chi connectivity index (χ0v) is 14.2. The van der Waals surface area contributed by atoms with Gasteiger partial charge in [-0.25, -0.2) is 4.39 Å². The Morgan fingerprint density at radius 3 is 2.58 bits per heavy atom. The number of halogens is 2. The Bertz CT molecular complexity index is 682. The van der Waals surface area contributed by atoms with Crippen molar-refractivity contribution in [3.8, 4) is 5.75 Å². The molecule has 0 aromatic heterocycles. The molecule has 24 heavy (non-hydrogen) atoms. The van der Waals surface area contributed by atoms with Gasteiger partial charge in [-0.1, -0.05) is 35.4 Å². The van der Waals surface area contributed by atoms with Crippen molar-refractivity contribution in [1.29, 1.82) is 0 Å². The molecule has 0 fully saturated rings. The third-order valence-corrected chi connectivity index (χ3v) is 4.40. The second-order valence-corrected chi connectivity index (χ2v) is 6.47. The summed E-state index contributed by atoms with van der Waals surface area (Å²) in [6.07, 6.45) is 5.24. The fraction of sp³-hybridized carbons (Fsp3) is 0.300. The highest BCUT2D eigenvalue weighted by atomic mass is 35.5. The lowest BCUT2D eigenvalue weighted by molar-refractivity contribution is 0.294. The first-order chi connectivity index (χ1) is 11.7. The van der Waals surface area contributed by atoms with Crippen molar-refractivity contribution < 1.29 is 9.13 Å². The molecule has 0 saturated carbocycles. The largest absolute Gasteiger partial charge is 0.494 e. The lowest BCUT2D eigenvalue weighted by Crippen LogP contribution is -2.34. The average molecular weight is 346 g/mol. The maximum atomic E-state index is 12.9. The third kappa shape index (κ3) is 5.08. The highest BCUT2D eigenvalue weighted by Crippen LogP contribution is 2.19. The number of ether oxygens (including phenoxy) is 1. The van der Waals surface area contributed by atoms with Crippen LogP contribution >= 0.6 is 11.6 Å². The van der Waals surface area contributed by atoms with Gasteiger partial charge < -0.3 is 10.1 Å². The van der Waals surface area contributed by atoms with E-state index >= 15 is 0 Å². The van der Waals surface area contributed by atoms with E-state index in [0.717, 1.165) is 30.8 Å². The van der Waals surface area contributed by atoms with Crippen molar-refractivity contribution in [1.82, 2.24) is 5.32 Å². The van der Waals surface area contributed by atoms with Gasteiger partial charge >= 0.3 is 0 Å². The highest BCUT2D eigenvalue weighted by molar-refractivity contribution is 6.30. The molecular formula is C20H21ClFNO. The second-order valence-electron chi connectivity index (χ2n) is 6.03. The number of hydrogen-bond acceptors (Lipinski definition) is 2. The van der Waals surface area contributed by atoms with E-state index in [9.17, 15) is 4.39 Å². The zero-order chi connectivity index (χ0) is 16.8. The Kier molecular flexibility index (Phi) is 5.89. The fourth-order valence-corrected chi connectivity index (χ4v) is 3.00. The summed E-state index contributed by atoms with van der Waals surface area (Å²) >= 11 is 5.93. The lowest BCUT2D eigenvalue weighted by atomic mass is 9.96. The second kappa shape index (κ2) is 8.32. The Morgan fingerprint density at radius 2 is 1.83 bits per heavy atom. The molecule has 3 rings (SSSR count).